The van der Waals surface area contributed by atoms with Crippen LogP contribution in [-0.2, 0) is 6.54 Å². The van der Waals surface area contributed by atoms with E-state index in [4.69, 9.17) is 16.1 Å². The van der Waals surface area contributed by atoms with Crippen LogP contribution in [-0.4, -0.2) is 25.8 Å². The zero-order valence-electron chi connectivity index (χ0n) is 11.9. The van der Waals surface area contributed by atoms with Crippen LogP contribution in [0.4, 0.5) is 10.7 Å². The molecule has 0 radical (unpaired) electrons. The minimum absolute atomic E-state index is 0.193. The molecule has 3 aromatic heterocycles. The van der Waals surface area contributed by atoms with Crippen LogP contribution in [0.3, 0.4) is 0 Å². The van der Waals surface area contributed by atoms with E-state index < -0.39 is 6.03 Å². The van der Waals surface area contributed by atoms with E-state index in [1.807, 2.05) is 6.92 Å². The van der Waals surface area contributed by atoms with E-state index >= 15 is 0 Å². The first-order valence-electron chi connectivity index (χ1n) is 6.51. The molecule has 3 heterocycles. The van der Waals surface area contributed by atoms with Gasteiger partial charge in [-0.2, -0.15) is 4.98 Å². The summed E-state index contributed by atoms with van der Waals surface area (Å²) in [6.07, 6.45) is 1.61. The minimum Gasteiger partial charge on any atom is -0.361 e. The smallest absolute Gasteiger partial charge is 0.321 e. The highest BCUT2D eigenvalue weighted by Gasteiger charge is 2.12. The maximum Gasteiger partial charge on any atom is 0.321 e. The van der Waals surface area contributed by atoms with Gasteiger partial charge in [0.1, 0.15) is 5.76 Å². The summed E-state index contributed by atoms with van der Waals surface area (Å²) in [4.78, 5) is 16.0. The SMILES string of the molecule is Cc1noc(C)c1CNC(=O)Nc1nc2ccc(Cl)cn2n1. The standard InChI is InChI=1S/C13H13ClN6O2/c1-7-10(8(2)22-19-7)5-15-13(21)17-12-16-11-4-3-9(14)6-20(11)18-12/h3-4,6H,5H2,1-2H3,(H2,15,17,18,21). The number of carbonyl (C=O) groups excluding carboxylic acids is 1. The third-order valence-electron chi connectivity index (χ3n) is 3.13. The Morgan fingerprint density at radius 1 is 1.41 bits per heavy atom. The summed E-state index contributed by atoms with van der Waals surface area (Å²) in [5.41, 5.74) is 2.19. The molecule has 0 aromatic carbocycles. The molecule has 0 spiro atoms. The molecule has 2 N–H and O–H groups in total. The van der Waals surface area contributed by atoms with Crippen molar-refractivity contribution in [2.45, 2.75) is 20.4 Å². The fourth-order valence-electron chi connectivity index (χ4n) is 1.98. The Morgan fingerprint density at radius 2 is 2.23 bits per heavy atom. The molecule has 8 nitrogen and oxygen atoms in total. The van der Waals surface area contributed by atoms with Gasteiger partial charge in [-0.15, -0.1) is 5.10 Å². The summed E-state index contributed by atoms with van der Waals surface area (Å²) < 4.78 is 6.53. The third kappa shape index (κ3) is 2.86. The summed E-state index contributed by atoms with van der Waals surface area (Å²) in [6, 6.07) is 3.00. The summed E-state index contributed by atoms with van der Waals surface area (Å²) in [5, 5.41) is 13.7. The van der Waals surface area contributed by atoms with Crippen molar-refractivity contribution in [2.75, 3.05) is 5.32 Å². The van der Waals surface area contributed by atoms with Gasteiger partial charge < -0.3 is 9.84 Å². The Balaban J connectivity index is 1.65. The average Bonchev–Trinajstić information content (AvgIpc) is 3.00. The third-order valence-corrected chi connectivity index (χ3v) is 3.35. The van der Waals surface area contributed by atoms with Gasteiger partial charge >= 0.3 is 6.03 Å². The normalized spacial score (nSPS) is 10.9. The molecule has 3 aromatic rings. The fraction of sp³-hybridized carbons (Fsp3) is 0.231. The first-order chi connectivity index (χ1) is 10.5. The lowest BCUT2D eigenvalue weighted by atomic mass is 10.2. The number of amides is 2. The molecule has 0 saturated heterocycles. The van der Waals surface area contributed by atoms with Crippen LogP contribution >= 0.6 is 11.6 Å². The molecule has 0 aliphatic carbocycles. The van der Waals surface area contributed by atoms with Crippen LogP contribution in [0.1, 0.15) is 17.0 Å². The van der Waals surface area contributed by atoms with Crippen LogP contribution in [0.15, 0.2) is 22.9 Å². The topological polar surface area (TPSA) is 97.3 Å². The molecule has 2 amide bonds. The molecule has 0 saturated carbocycles. The number of halogens is 1. The molecule has 114 valence electrons. The Hall–Kier alpha value is -2.61. The first kappa shape index (κ1) is 14.3. The van der Waals surface area contributed by atoms with Crippen molar-refractivity contribution in [3.63, 3.8) is 0 Å². The van der Waals surface area contributed by atoms with Crippen LogP contribution in [0, 0.1) is 13.8 Å². The Morgan fingerprint density at radius 3 is 2.95 bits per heavy atom. The summed E-state index contributed by atoms with van der Waals surface area (Å²) in [6.45, 7) is 3.92. The number of carbonyl (C=O) groups is 1. The number of rotatable bonds is 3. The van der Waals surface area contributed by atoms with E-state index in [-0.39, 0.29) is 5.95 Å². The van der Waals surface area contributed by atoms with E-state index in [0.717, 1.165) is 11.3 Å². The number of aryl methyl sites for hydroxylation is 2. The van der Waals surface area contributed by atoms with E-state index in [1.165, 1.54) is 4.52 Å². The molecule has 0 atom stereocenters. The number of nitrogens with zero attached hydrogens (tertiary/aromatic N) is 4. The molecule has 22 heavy (non-hydrogen) atoms. The van der Waals surface area contributed by atoms with Crippen LogP contribution in [0.25, 0.3) is 5.65 Å². The molecule has 0 fully saturated rings. The fourth-order valence-corrected chi connectivity index (χ4v) is 2.14. The molecule has 0 aliphatic rings. The van der Waals surface area contributed by atoms with Crippen LogP contribution < -0.4 is 10.6 Å². The average molecular weight is 321 g/mol. The number of pyridine rings is 1. The number of urea groups is 1. The molecule has 3 rings (SSSR count). The van der Waals surface area contributed by atoms with Crippen molar-refractivity contribution in [1.82, 2.24) is 25.1 Å². The zero-order chi connectivity index (χ0) is 15.7. The van der Waals surface area contributed by atoms with E-state index in [0.29, 0.717) is 23.0 Å². The number of hydrogen-bond donors (Lipinski definition) is 2. The van der Waals surface area contributed by atoms with Crippen molar-refractivity contribution >= 4 is 29.2 Å². The largest absolute Gasteiger partial charge is 0.361 e. The highest BCUT2D eigenvalue weighted by atomic mass is 35.5. The van der Waals surface area contributed by atoms with Crippen molar-refractivity contribution in [2.24, 2.45) is 0 Å². The van der Waals surface area contributed by atoms with Gasteiger partial charge in [-0.3, -0.25) is 5.32 Å². The number of anilines is 1. The maximum absolute atomic E-state index is 11.9. The second-order valence-electron chi connectivity index (χ2n) is 4.70. The van der Waals surface area contributed by atoms with Gasteiger partial charge in [0.15, 0.2) is 5.65 Å². The van der Waals surface area contributed by atoms with E-state index in [2.05, 4.69) is 25.9 Å². The monoisotopic (exact) mass is 320 g/mol. The quantitative estimate of drug-likeness (QED) is 0.771. The number of hydrogen-bond acceptors (Lipinski definition) is 5. The lowest BCUT2D eigenvalue weighted by molar-refractivity contribution is 0.251. The van der Waals surface area contributed by atoms with Gasteiger partial charge in [0, 0.05) is 18.3 Å². The van der Waals surface area contributed by atoms with Gasteiger partial charge in [0.25, 0.3) is 5.95 Å². The Kier molecular flexibility index (Phi) is 3.68. The van der Waals surface area contributed by atoms with Gasteiger partial charge in [-0.1, -0.05) is 16.8 Å². The van der Waals surface area contributed by atoms with Crippen molar-refractivity contribution < 1.29 is 9.32 Å². The second kappa shape index (κ2) is 5.64. The number of nitrogens with one attached hydrogen (secondary N) is 2. The highest BCUT2D eigenvalue weighted by molar-refractivity contribution is 6.30. The van der Waals surface area contributed by atoms with Crippen LogP contribution in [0.2, 0.25) is 5.02 Å². The molecular formula is C13H13ClN6O2. The van der Waals surface area contributed by atoms with Gasteiger partial charge in [-0.25, -0.2) is 9.31 Å². The van der Waals surface area contributed by atoms with Crippen LogP contribution in [0.5, 0.6) is 0 Å². The lowest BCUT2D eigenvalue weighted by Crippen LogP contribution is -2.29. The summed E-state index contributed by atoms with van der Waals surface area (Å²) in [7, 11) is 0. The maximum atomic E-state index is 11.9. The minimum atomic E-state index is -0.415. The first-order valence-corrected chi connectivity index (χ1v) is 6.89. The molecule has 0 bridgehead atoms. The van der Waals surface area contributed by atoms with Gasteiger partial charge in [0.05, 0.1) is 10.7 Å². The predicted octanol–water partition coefficient (Wildman–Crippen LogP) is 2.31. The zero-order valence-corrected chi connectivity index (χ0v) is 12.7. The van der Waals surface area contributed by atoms with Gasteiger partial charge in [-0.05, 0) is 26.0 Å². The summed E-state index contributed by atoms with van der Waals surface area (Å²) in [5.74, 6) is 0.872. The second-order valence-corrected chi connectivity index (χ2v) is 5.13. The predicted molar refractivity (Wildman–Crippen MR) is 79.8 cm³/mol. The molecule has 0 aliphatic heterocycles. The van der Waals surface area contributed by atoms with Crippen molar-refractivity contribution in [3.8, 4) is 0 Å². The van der Waals surface area contributed by atoms with E-state index in [1.54, 1.807) is 25.3 Å². The van der Waals surface area contributed by atoms with Crippen molar-refractivity contribution in [3.05, 3.63) is 40.4 Å². The molecular weight excluding hydrogens is 308 g/mol. The molecule has 9 heteroatoms. The number of aromatic nitrogens is 4. The van der Waals surface area contributed by atoms with Crippen molar-refractivity contribution in [1.29, 1.82) is 0 Å². The highest BCUT2D eigenvalue weighted by Crippen LogP contribution is 2.12. The number of fused-ring (bicyclic) bond motifs is 1. The Labute approximate surface area is 130 Å². The summed E-state index contributed by atoms with van der Waals surface area (Å²) >= 11 is 5.87. The van der Waals surface area contributed by atoms with E-state index in [9.17, 15) is 4.79 Å². The Bertz CT molecular complexity index is 821. The lowest BCUT2D eigenvalue weighted by Gasteiger charge is -2.04. The van der Waals surface area contributed by atoms with Gasteiger partial charge in [0.2, 0.25) is 0 Å². The molecule has 0 unspecified atom stereocenters.